The van der Waals surface area contributed by atoms with Crippen molar-refractivity contribution in [2.24, 2.45) is 0 Å². The molecule has 0 saturated heterocycles. The van der Waals surface area contributed by atoms with E-state index in [0.717, 1.165) is 66.3 Å². The van der Waals surface area contributed by atoms with Crippen LogP contribution >= 0.6 is 0 Å². The fourth-order valence-corrected chi connectivity index (χ4v) is 7.16. The van der Waals surface area contributed by atoms with Crippen molar-refractivity contribution in [3.05, 3.63) is 212 Å². The van der Waals surface area contributed by atoms with E-state index < -0.39 is 6.04 Å². The summed E-state index contributed by atoms with van der Waals surface area (Å²) in [5.41, 5.74) is 9.07. The zero-order chi connectivity index (χ0) is 38.3. The lowest BCUT2D eigenvalue weighted by Gasteiger charge is -2.30. The molecule has 0 unspecified atom stereocenters. The number of hydrogen-bond acceptors (Lipinski definition) is 1. The minimum absolute atomic E-state index is 0.144. The van der Waals surface area contributed by atoms with Crippen LogP contribution in [-0.4, -0.2) is 0 Å². The summed E-state index contributed by atoms with van der Waals surface area (Å²) in [5, 5.41) is 4.24. The lowest BCUT2D eigenvalue weighted by Crippen LogP contribution is -2.12. The van der Waals surface area contributed by atoms with Gasteiger partial charge in [-0.05, 0) is 96.9 Å². The topological polar surface area (TPSA) is 3.24 Å². The quantitative estimate of drug-likeness (QED) is 0.155. The Morgan fingerprint density at radius 3 is 1.47 bits per heavy atom. The zero-order valence-electron chi connectivity index (χ0n) is 32.8. The Morgan fingerprint density at radius 1 is 0.353 bits per heavy atom. The van der Waals surface area contributed by atoms with Gasteiger partial charge in [-0.3, -0.25) is 0 Å². The van der Waals surface area contributed by atoms with Crippen molar-refractivity contribution in [1.82, 2.24) is 0 Å². The number of hydrogen-bond donors (Lipinski definition) is 0. The SMILES string of the molecule is [2H]c1c([2H])c([2H])c(-c2c(-c3cc4ccccc4c4ccccc34)cccc2N(c2ccc(-c3ccccc3)cc2)c2ccc(-c3ccccc3)cc2)c([2H])c1[2H]. The van der Waals surface area contributed by atoms with Gasteiger partial charge < -0.3 is 4.90 Å². The van der Waals surface area contributed by atoms with E-state index >= 15 is 0 Å². The number of rotatable bonds is 7. The lowest BCUT2D eigenvalue weighted by molar-refractivity contribution is 1.28. The normalized spacial score (nSPS) is 12.5. The number of anilines is 3. The van der Waals surface area contributed by atoms with Gasteiger partial charge in [-0.2, -0.15) is 0 Å². The molecule has 0 radical (unpaired) electrons. The fourth-order valence-electron chi connectivity index (χ4n) is 7.16. The molecule has 0 spiro atoms. The smallest absolute Gasteiger partial charge is 0.0629 e. The first-order valence-corrected chi connectivity index (χ1v) is 17.1. The zero-order valence-corrected chi connectivity index (χ0v) is 27.8. The summed E-state index contributed by atoms with van der Waals surface area (Å²) in [6.45, 7) is 0. The van der Waals surface area contributed by atoms with Gasteiger partial charge in [-0.15, -0.1) is 0 Å². The van der Waals surface area contributed by atoms with E-state index in [4.69, 9.17) is 4.11 Å². The third-order valence-corrected chi connectivity index (χ3v) is 9.56. The van der Waals surface area contributed by atoms with E-state index in [-0.39, 0.29) is 29.7 Å². The van der Waals surface area contributed by atoms with Gasteiger partial charge in [0.25, 0.3) is 0 Å². The van der Waals surface area contributed by atoms with Crippen LogP contribution in [0.3, 0.4) is 0 Å². The molecule has 0 aromatic heterocycles. The Balaban J connectivity index is 1.36. The van der Waals surface area contributed by atoms with E-state index in [1.807, 2.05) is 78.9 Å². The minimum atomic E-state index is -0.427. The van der Waals surface area contributed by atoms with Crippen LogP contribution in [0.2, 0.25) is 0 Å². The minimum Gasteiger partial charge on any atom is -0.310 e. The molecule has 0 aliphatic rings. The van der Waals surface area contributed by atoms with E-state index in [2.05, 4.69) is 108 Å². The molecule has 1 heteroatoms. The van der Waals surface area contributed by atoms with Crippen molar-refractivity contribution < 1.29 is 6.85 Å². The second-order valence-corrected chi connectivity index (χ2v) is 12.6. The van der Waals surface area contributed by atoms with Crippen LogP contribution in [-0.2, 0) is 0 Å². The average Bonchev–Trinajstić information content (AvgIpc) is 3.26. The Morgan fingerprint density at radius 2 is 0.863 bits per heavy atom. The highest BCUT2D eigenvalue weighted by Crippen LogP contribution is 2.47. The van der Waals surface area contributed by atoms with Crippen LogP contribution in [0, 0.1) is 0 Å². The third kappa shape index (κ3) is 5.75. The molecule has 0 amide bonds. The van der Waals surface area contributed by atoms with Crippen LogP contribution < -0.4 is 4.90 Å². The van der Waals surface area contributed by atoms with Gasteiger partial charge >= 0.3 is 0 Å². The molecule has 0 aliphatic heterocycles. The molecule has 240 valence electrons. The van der Waals surface area contributed by atoms with E-state index in [1.165, 1.54) is 0 Å². The third-order valence-electron chi connectivity index (χ3n) is 9.56. The maximum absolute atomic E-state index is 9.33. The first-order valence-electron chi connectivity index (χ1n) is 19.6. The van der Waals surface area contributed by atoms with Crippen LogP contribution in [0.1, 0.15) is 6.85 Å². The molecule has 0 bridgehead atoms. The van der Waals surface area contributed by atoms with Crippen LogP contribution in [0.5, 0.6) is 0 Å². The molecular weight excluding hydrogens is 615 g/mol. The summed E-state index contributed by atoms with van der Waals surface area (Å²) in [6.07, 6.45) is 0. The maximum Gasteiger partial charge on any atom is 0.0629 e. The first-order chi connectivity index (χ1) is 27.4. The van der Waals surface area contributed by atoms with Gasteiger partial charge in [0.15, 0.2) is 0 Å². The molecule has 9 aromatic rings. The number of nitrogens with zero attached hydrogens (tertiary/aromatic N) is 1. The van der Waals surface area contributed by atoms with Gasteiger partial charge in [0, 0.05) is 16.9 Å². The summed E-state index contributed by atoms with van der Waals surface area (Å²) in [5.74, 6) is 0. The van der Waals surface area contributed by atoms with Crippen LogP contribution in [0.4, 0.5) is 17.1 Å². The van der Waals surface area contributed by atoms with Gasteiger partial charge in [-0.1, -0.05) is 176 Å². The Hall–Kier alpha value is -6.70. The van der Waals surface area contributed by atoms with Gasteiger partial charge in [0.2, 0.25) is 0 Å². The molecule has 0 atom stereocenters. The Labute approximate surface area is 306 Å². The number of fused-ring (bicyclic) bond motifs is 3. The molecule has 9 rings (SSSR count). The van der Waals surface area contributed by atoms with Crippen molar-refractivity contribution >= 4 is 38.6 Å². The summed E-state index contributed by atoms with van der Waals surface area (Å²) in [7, 11) is 0. The highest BCUT2D eigenvalue weighted by Gasteiger charge is 2.22. The predicted molar refractivity (Wildman–Crippen MR) is 218 cm³/mol. The molecule has 0 saturated carbocycles. The fraction of sp³-hybridized carbons (Fsp3) is 0. The van der Waals surface area contributed by atoms with E-state index in [1.54, 1.807) is 0 Å². The van der Waals surface area contributed by atoms with Crippen molar-refractivity contribution in [2.75, 3.05) is 4.90 Å². The van der Waals surface area contributed by atoms with Crippen LogP contribution in [0.15, 0.2) is 212 Å². The van der Waals surface area contributed by atoms with Crippen molar-refractivity contribution in [3.63, 3.8) is 0 Å². The predicted octanol–water partition coefficient (Wildman–Crippen LogP) is 14.1. The largest absolute Gasteiger partial charge is 0.310 e. The summed E-state index contributed by atoms with van der Waals surface area (Å²) in [4.78, 5) is 2.13. The summed E-state index contributed by atoms with van der Waals surface area (Å²) in [6, 6.07) is 60.2. The highest BCUT2D eigenvalue weighted by atomic mass is 15.1. The Kier molecular flexibility index (Phi) is 6.60. The van der Waals surface area contributed by atoms with Gasteiger partial charge in [0.1, 0.15) is 0 Å². The molecular formula is C50H35N. The Bertz CT molecular complexity index is 2780. The summed E-state index contributed by atoms with van der Waals surface area (Å²) >= 11 is 0. The molecule has 0 aliphatic carbocycles. The molecule has 0 fully saturated rings. The van der Waals surface area contributed by atoms with Gasteiger partial charge in [0.05, 0.1) is 12.5 Å². The van der Waals surface area contributed by atoms with Gasteiger partial charge in [-0.25, -0.2) is 0 Å². The maximum atomic E-state index is 9.33. The number of benzene rings is 9. The molecule has 0 heterocycles. The average molecular weight is 655 g/mol. The van der Waals surface area contributed by atoms with Crippen LogP contribution in [0.25, 0.3) is 66.1 Å². The molecule has 1 nitrogen and oxygen atoms in total. The monoisotopic (exact) mass is 654 g/mol. The van der Waals surface area contributed by atoms with Crippen molar-refractivity contribution in [2.45, 2.75) is 0 Å². The van der Waals surface area contributed by atoms with Crippen molar-refractivity contribution in [3.8, 4) is 44.5 Å². The molecule has 0 N–H and O–H groups in total. The molecule has 51 heavy (non-hydrogen) atoms. The second kappa shape index (κ2) is 13.3. The molecule has 9 aromatic carbocycles. The lowest BCUT2D eigenvalue weighted by atomic mass is 9.87. The second-order valence-electron chi connectivity index (χ2n) is 12.6. The van der Waals surface area contributed by atoms with E-state index in [0.29, 0.717) is 11.3 Å². The van der Waals surface area contributed by atoms with E-state index in [9.17, 15) is 2.74 Å². The standard InChI is InChI=1S/C50H35N/c1-4-15-36(16-5-1)38-27-31-42(32-28-38)51(43-33-29-39(30-34-43)37-17-6-2-7-18-37)49-26-14-25-47(50(49)40-19-8-3-9-20-40)48-35-41-21-10-11-22-44(41)45-23-12-13-24-46(45)48/h1-35H/i3D,8D,9D,19D,20D. The van der Waals surface area contributed by atoms with Crippen molar-refractivity contribution in [1.29, 1.82) is 0 Å². The first kappa shape index (κ1) is 25.3. The summed E-state index contributed by atoms with van der Waals surface area (Å²) < 4.78 is 44.7. The highest BCUT2D eigenvalue weighted by molar-refractivity contribution is 6.15.